The number of nitrogens with one attached hydrogen (secondary N) is 1. The normalized spacial score (nSPS) is 16.6. The van der Waals surface area contributed by atoms with Crippen molar-refractivity contribution in [2.45, 2.75) is 38.1 Å². The van der Waals surface area contributed by atoms with Gasteiger partial charge in [0.05, 0.1) is 22.5 Å². The Hall–Kier alpha value is -1.24. The molecule has 1 saturated carbocycles. The number of nitrogens with zero attached hydrogens (tertiary/aromatic N) is 1. The van der Waals surface area contributed by atoms with Gasteiger partial charge in [0.25, 0.3) is 0 Å². The summed E-state index contributed by atoms with van der Waals surface area (Å²) in [7, 11) is -3.31. The van der Waals surface area contributed by atoms with Crippen molar-refractivity contribution in [3.05, 3.63) is 52.0 Å². The fraction of sp³-hybridized carbons (Fsp3) is 0.438. The summed E-state index contributed by atoms with van der Waals surface area (Å²) in [5.74, 6) is 0.710. The van der Waals surface area contributed by atoms with E-state index in [2.05, 4.69) is 9.71 Å². The first-order valence-electron chi connectivity index (χ1n) is 7.53. The van der Waals surface area contributed by atoms with Gasteiger partial charge >= 0.3 is 0 Å². The number of hydrogen-bond acceptors (Lipinski definition) is 4. The molecule has 1 heterocycles. The molecule has 2 aromatic rings. The van der Waals surface area contributed by atoms with E-state index in [1.807, 2.05) is 42.6 Å². The molecule has 6 heteroatoms. The minimum Gasteiger partial charge on any atom is -0.244 e. The van der Waals surface area contributed by atoms with E-state index in [0.717, 1.165) is 16.3 Å². The third-order valence-corrected chi connectivity index (χ3v) is 6.25. The second kappa shape index (κ2) is 6.48. The van der Waals surface area contributed by atoms with Crippen LogP contribution >= 0.6 is 11.3 Å². The molecular weight excluding hydrogens is 316 g/mol. The molecule has 1 N–H and O–H groups in total. The van der Waals surface area contributed by atoms with Gasteiger partial charge in [0.2, 0.25) is 10.0 Å². The molecule has 0 spiro atoms. The minimum absolute atomic E-state index is 0.0982. The highest BCUT2D eigenvalue weighted by atomic mass is 32.2. The van der Waals surface area contributed by atoms with E-state index in [1.165, 1.54) is 12.8 Å². The Morgan fingerprint density at radius 2 is 2.05 bits per heavy atom. The predicted octanol–water partition coefficient (Wildman–Crippen LogP) is 3.24. The molecule has 1 aliphatic rings. The lowest BCUT2D eigenvalue weighted by atomic mass is 10.2. The van der Waals surface area contributed by atoms with Gasteiger partial charge in [-0.2, -0.15) is 0 Å². The van der Waals surface area contributed by atoms with Crippen LogP contribution in [0.1, 0.15) is 48.0 Å². The Balaban J connectivity index is 1.57. The molecule has 4 nitrogen and oxygen atoms in total. The molecular formula is C16H20N2O2S2. The molecule has 0 bridgehead atoms. The van der Waals surface area contributed by atoms with Crippen LogP contribution in [0.5, 0.6) is 0 Å². The number of sulfonamides is 1. The van der Waals surface area contributed by atoms with E-state index in [0.29, 0.717) is 12.3 Å². The summed E-state index contributed by atoms with van der Waals surface area (Å²) in [6.45, 7) is 1.85. The van der Waals surface area contributed by atoms with E-state index >= 15 is 0 Å². The van der Waals surface area contributed by atoms with Crippen molar-refractivity contribution in [3.63, 3.8) is 0 Å². The van der Waals surface area contributed by atoms with Crippen molar-refractivity contribution in [1.29, 1.82) is 0 Å². The summed E-state index contributed by atoms with van der Waals surface area (Å²) < 4.78 is 27.1. The highest BCUT2D eigenvalue weighted by Crippen LogP contribution is 2.41. The van der Waals surface area contributed by atoms with Gasteiger partial charge in [0, 0.05) is 11.3 Å². The highest BCUT2D eigenvalue weighted by molar-refractivity contribution is 7.89. The third-order valence-electron chi connectivity index (χ3n) is 3.77. The highest BCUT2D eigenvalue weighted by Gasteiger charge is 2.27. The minimum atomic E-state index is -3.31. The van der Waals surface area contributed by atoms with Gasteiger partial charge in [-0.1, -0.05) is 30.3 Å². The molecule has 1 atom stereocenters. The van der Waals surface area contributed by atoms with Gasteiger partial charge in [0.1, 0.15) is 0 Å². The summed E-state index contributed by atoms with van der Waals surface area (Å²) in [4.78, 5) is 4.57. The summed E-state index contributed by atoms with van der Waals surface area (Å²) in [6.07, 6.45) is 2.95. The zero-order valence-electron chi connectivity index (χ0n) is 12.5. The van der Waals surface area contributed by atoms with E-state index in [1.54, 1.807) is 11.3 Å². The second-order valence-electron chi connectivity index (χ2n) is 5.78. The first kappa shape index (κ1) is 15.6. The van der Waals surface area contributed by atoms with Crippen LogP contribution in [0.4, 0.5) is 0 Å². The number of aryl methyl sites for hydroxylation is 1. The van der Waals surface area contributed by atoms with E-state index in [4.69, 9.17) is 0 Å². The van der Waals surface area contributed by atoms with Crippen molar-refractivity contribution < 1.29 is 8.42 Å². The van der Waals surface area contributed by atoms with Gasteiger partial charge in [-0.3, -0.25) is 0 Å². The molecule has 0 radical (unpaired) electrons. The average molecular weight is 336 g/mol. The zero-order chi connectivity index (χ0) is 15.6. The molecule has 0 unspecified atom stereocenters. The largest absolute Gasteiger partial charge is 0.244 e. The molecule has 0 saturated heterocycles. The molecule has 22 heavy (non-hydrogen) atoms. The zero-order valence-corrected chi connectivity index (χ0v) is 14.2. The molecule has 1 aromatic carbocycles. The molecule has 118 valence electrons. The van der Waals surface area contributed by atoms with E-state index < -0.39 is 10.0 Å². The fourth-order valence-corrected chi connectivity index (χ4v) is 4.67. The lowest BCUT2D eigenvalue weighted by Gasteiger charge is -2.12. The van der Waals surface area contributed by atoms with Crippen molar-refractivity contribution in [2.24, 2.45) is 0 Å². The lowest BCUT2D eigenvalue weighted by molar-refractivity contribution is 0.563. The van der Waals surface area contributed by atoms with Gasteiger partial charge in [-0.05, 0) is 31.7 Å². The molecule has 3 rings (SSSR count). The van der Waals surface area contributed by atoms with Crippen LogP contribution < -0.4 is 4.72 Å². The van der Waals surface area contributed by atoms with Crippen molar-refractivity contribution in [3.8, 4) is 0 Å². The quantitative estimate of drug-likeness (QED) is 0.844. The first-order valence-corrected chi connectivity index (χ1v) is 10.1. The van der Waals surface area contributed by atoms with E-state index in [9.17, 15) is 8.42 Å². The monoisotopic (exact) mass is 336 g/mol. The SMILES string of the molecule is C[C@@H](NS(=O)(=O)CCc1ccccc1)c1csc(C2CC2)n1. The maximum Gasteiger partial charge on any atom is 0.212 e. The van der Waals surface area contributed by atoms with Crippen LogP contribution in [-0.2, 0) is 16.4 Å². The molecule has 1 aromatic heterocycles. The number of thiazole rings is 1. The Morgan fingerprint density at radius 1 is 1.32 bits per heavy atom. The van der Waals surface area contributed by atoms with Crippen LogP contribution in [0.2, 0.25) is 0 Å². The van der Waals surface area contributed by atoms with Gasteiger partial charge < -0.3 is 0 Å². The fourth-order valence-electron chi connectivity index (χ4n) is 2.30. The molecule has 0 aliphatic heterocycles. The maximum absolute atomic E-state index is 12.2. The van der Waals surface area contributed by atoms with Gasteiger partial charge in [-0.25, -0.2) is 18.1 Å². The Morgan fingerprint density at radius 3 is 2.73 bits per heavy atom. The standard InChI is InChI=1S/C16H20N2O2S2/c1-12(15-11-21-16(17-15)14-7-8-14)18-22(19,20)10-9-13-5-3-2-4-6-13/h2-6,11-12,14,18H,7-10H2,1H3/t12-/m1/s1. The Labute approximate surface area is 135 Å². The molecule has 1 aliphatic carbocycles. The number of benzene rings is 1. The van der Waals surface area contributed by atoms with Crippen molar-refractivity contribution >= 4 is 21.4 Å². The molecule has 1 fully saturated rings. The topological polar surface area (TPSA) is 59.1 Å². The maximum atomic E-state index is 12.2. The smallest absolute Gasteiger partial charge is 0.212 e. The van der Waals surface area contributed by atoms with Crippen molar-refractivity contribution in [2.75, 3.05) is 5.75 Å². The Bertz CT molecular complexity index is 722. The van der Waals surface area contributed by atoms with Crippen LogP contribution in [0.15, 0.2) is 35.7 Å². The van der Waals surface area contributed by atoms with Gasteiger partial charge in [0.15, 0.2) is 0 Å². The lowest BCUT2D eigenvalue weighted by Crippen LogP contribution is -2.30. The van der Waals surface area contributed by atoms with Crippen LogP contribution in [0.25, 0.3) is 0 Å². The third kappa shape index (κ3) is 4.15. The predicted molar refractivity (Wildman–Crippen MR) is 89.6 cm³/mol. The number of aromatic nitrogens is 1. The second-order valence-corrected chi connectivity index (χ2v) is 8.54. The van der Waals surface area contributed by atoms with E-state index in [-0.39, 0.29) is 11.8 Å². The molecule has 0 amide bonds. The van der Waals surface area contributed by atoms with Crippen molar-refractivity contribution in [1.82, 2.24) is 9.71 Å². The summed E-state index contributed by atoms with van der Waals surface area (Å²) >= 11 is 1.64. The number of rotatable bonds is 7. The summed E-state index contributed by atoms with van der Waals surface area (Å²) in [5.41, 5.74) is 1.86. The van der Waals surface area contributed by atoms with Gasteiger partial charge in [-0.15, -0.1) is 11.3 Å². The average Bonchev–Trinajstić information content (AvgIpc) is 3.23. The first-order chi connectivity index (χ1) is 10.5. The van der Waals surface area contributed by atoms with Crippen LogP contribution in [0, 0.1) is 0 Å². The van der Waals surface area contributed by atoms with Crippen LogP contribution in [0.3, 0.4) is 0 Å². The van der Waals surface area contributed by atoms with Crippen LogP contribution in [-0.4, -0.2) is 19.2 Å². The number of hydrogen-bond donors (Lipinski definition) is 1. The Kier molecular flexibility index (Phi) is 4.61. The summed E-state index contributed by atoms with van der Waals surface area (Å²) in [6, 6.07) is 9.39. The summed E-state index contributed by atoms with van der Waals surface area (Å²) in [5, 5.41) is 3.11.